The Morgan fingerprint density at radius 2 is 2.03 bits per heavy atom. The molecule has 2 aliphatic rings. The Labute approximate surface area is 192 Å². The molecule has 0 aliphatic carbocycles. The molecule has 2 aromatic rings. The molecule has 1 saturated heterocycles. The molecule has 1 aromatic heterocycles. The first kappa shape index (κ1) is 22.7. The number of hydrogen-bond donors (Lipinski definition) is 0. The van der Waals surface area contributed by atoms with Gasteiger partial charge in [0.15, 0.2) is 16.9 Å². The summed E-state index contributed by atoms with van der Waals surface area (Å²) in [5.41, 5.74) is 2.66. The maximum absolute atomic E-state index is 12.8. The molecular weight excluding hydrogens is 430 g/mol. The van der Waals surface area contributed by atoms with Gasteiger partial charge in [0.2, 0.25) is 0 Å². The van der Waals surface area contributed by atoms with Crippen LogP contribution in [0.4, 0.5) is 0 Å². The number of carbonyl (C=O) groups excluding carboxylic acids is 1. The molecule has 0 amide bonds. The molecule has 0 N–H and O–H groups in total. The van der Waals surface area contributed by atoms with Crippen molar-refractivity contribution < 1.29 is 23.7 Å². The topological polar surface area (TPSA) is 76.0 Å². The van der Waals surface area contributed by atoms with Crippen molar-refractivity contribution in [3.63, 3.8) is 0 Å². The number of benzene rings is 1. The summed E-state index contributed by atoms with van der Waals surface area (Å²) in [6, 6.07) is 5.74. The summed E-state index contributed by atoms with van der Waals surface area (Å²) >= 11 is 1.93. The quantitative estimate of drug-likeness (QED) is 0.438. The Kier molecular flexibility index (Phi) is 7.10. The largest absolute Gasteiger partial charge is 0.493 e. The Balaban J connectivity index is 1.82. The van der Waals surface area contributed by atoms with Crippen LogP contribution in [0.1, 0.15) is 47.6 Å². The van der Waals surface area contributed by atoms with E-state index in [-0.39, 0.29) is 29.6 Å². The summed E-state index contributed by atoms with van der Waals surface area (Å²) in [6.07, 6.45) is 3.43. The highest BCUT2D eigenvalue weighted by molar-refractivity contribution is 7.99. The zero-order chi connectivity index (χ0) is 22.7. The van der Waals surface area contributed by atoms with E-state index >= 15 is 0 Å². The number of thioether (sulfide) groups is 1. The van der Waals surface area contributed by atoms with Gasteiger partial charge in [0.05, 0.1) is 26.0 Å². The number of ether oxygens (including phenoxy) is 4. The predicted molar refractivity (Wildman–Crippen MR) is 124 cm³/mol. The Hall–Kier alpha value is -2.45. The first-order valence-corrected chi connectivity index (χ1v) is 12.1. The van der Waals surface area contributed by atoms with Gasteiger partial charge in [-0.3, -0.25) is 4.79 Å². The van der Waals surface area contributed by atoms with Crippen LogP contribution in [0.15, 0.2) is 29.2 Å². The van der Waals surface area contributed by atoms with Crippen LogP contribution in [0.3, 0.4) is 0 Å². The molecule has 2 unspecified atom stereocenters. The lowest BCUT2D eigenvalue weighted by Gasteiger charge is -2.40. The van der Waals surface area contributed by atoms with E-state index in [9.17, 15) is 9.59 Å². The summed E-state index contributed by atoms with van der Waals surface area (Å²) in [5, 5.41) is 0. The lowest BCUT2D eigenvalue weighted by Crippen LogP contribution is -2.32. The van der Waals surface area contributed by atoms with Crippen molar-refractivity contribution in [3.05, 3.63) is 45.7 Å². The van der Waals surface area contributed by atoms with Gasteiger partial charge in [0.1, 0.15) is 5.56 Å². The van der Waals surface area contributed by atoms with E-state index in [4.69, 9.17) is 18.9 Å². The van der Waals surface area contributed by atoms with Gasteiger partial charge in [-0.1, -0.05) is 0 Å². The molecule has 0 saturated carbocycles. The van der Waals surface area contributed by atoms with Gasteiger partial charge >= 0.3 is 5.97 Å². The first-order valence-electron chi connectivity index (χ1n) is 10.9. The Morgan fingerprint density at radius 1 is 1.19 bits per heavy atom. The third-order valence-electron chi connectivity index (χ3n) is 6.01. The zero-order valence-corrected chi connectivity index (χ0v) is 19.5. The maximum atomic E-state index is 12.8. The molecule has 2 atom stereocenters. The SMILES string of the molecule is CCOC(=O)c1cn2c(cc1=O)-c1cc(OC)c(OCCCOC)cc1C1CSCCC12. The molecule has 4 rings (SSSR count). The van der Waals surface area contributed by atoms with Crippen LogP contribution in [-0.2, 0) is 9.47 Å². The van der Waals surface area contributed by atoms with Crippen LogP contribution in [-0.4, -0.2) is 56.1 Å². The van der Waals surface area contributed by atoms with Gasteiger partial charge in [0, 0.05) is 55.7 Å². The van der Waals surface area contributed by atoms with E-state index < -0.39 is 5.97 Å². The average molecular weight is 460 g/mol. The van der Waals surface area contributed by atoms with E-state index in [1.54, 1.807) is 33.4 Å². The fraction of sp³-hybridized carbons (Fsp3) is 0.500. The summed E-state index contributed by atoms with van der Waals surface area (Å²) in [7, 11) is 3.29. The number of fused-ring (bicyclic) bond motifs is 6. The van der Waals surface area contributed by atoms with Crippen LogP contribution < -0.4 is 14.9 Å². The third-order valence-corrected chi connectivity index (χ3v) is 7.13. The fourth-order valence-electron chi connectivity index (χ4n) is 4.52. The minimum Gasteiger partial charge on any atom is -0.493 e. The Bertz CT molecular complexity index is 1050. The van der Waals surface area contributed by atoms with E-state index in [1.165, 1.54) is 0 Å². The standard InChI is InChI=1S/C24H29NO6S/c1-4-30-24(27)17-13-25-19-6-9-32-14-18(19)15-10-23(31-8-5-7-28-2)22(29-3)11-16(15)20(25)12-21(17)26/h10-13,18-19H,4-9,14H2,1-3H3. The minimum absolute atomic E-state index is 0.0843. The molecule has 0 spiro atoms. The van der Waals surface area contributed by atoms with Gasteiger partial charge in [0.25, 0.3) is 0 Å². The van der Waals surface area contributed by atoms with Gasteiger partial charge in [-0.2, -0.15) is 11.8 Å². The van der Waals surface area contributed by atoms with Crippen molar-refractivity contribution in [3.8, 4) is 22.8 Å². The number of esters is 1. The summed E-state index contributed by atoms with van der Waals surface area (Å²) in [6.45, 7) is 3.13. The average Bonchev–Trinajstić information content (AvgIpc) is 2.81. The van der Waals surface area contributed by atoms with Gasteiger partial charge < -0.3 is 23.5 Å². The van der Waals surface area contributed by atoms with Crippen LogP contribution >= 0.6 is 11.8 Å². The highest BCUT2D eigenvalue weighted by Gasteiger charge is 2.37. The smallest absolute Gasteiger partial charge is 0.343 e. The maximum Gasteiger partial charge on any atom is 0.343 e. The van der Waals surface area contributed by atoms with Crippen LogP contribution in [0.5, 0.6) is 11.5 Å². The van der Waals surface area contributed by atoms with Crippen LogP contribution in [0.2, 0.25) is 0 Å². The molecule has 7 nitrogen and oxygen atoms in total. The molecule has 1 fully saturated rings. The zero-order valence-electron chi connectivity index (χ0n) is 18.7. The second kappa shape index (κ2) is 10.0. The number of rotatable bonds is 8. The van der Waals surface area contributed by atoms with E-state index in [2.05, 4.69) is 10.6 Å². The molecule has 1 aromatic carbocycles. The molecule has 0 radical (unpaired) electrons. The molecule has 32 heavy (non-hydrogen) atoms. The van der Waals surface area contributed by atoms with Gasteiger partial charge in [-0.15, -0.1) is 0 Å². The highest BCUT2D eigenvalue weighted by Crippen LogP contribution is 2.50. The van der Waals surface area contributed by atoms with Crippen molar-refractivity contribution in [2.45, 2.75) is 31.7 Å². The molecular formula is C24H29NO6S. The fourth-order valence-corrected chi connectivity index (χ4v) is 5.75. The predicted octanol–water partition coefficient (Wildman–Crippen LogP) is 3.89. The van der Waals surface area contributed by atoms with Crippen molar-refractivity contribution in [2.75, 3.05) is 45.5 Å². The van der Waals surface area contributed by atoms with Crippen molar-refractivity contribution in [1.29, 1.82) is 0 Å². The molecule has 8 heteroatoms. The summed E-state index contributed by atoms with van der Waals surface area (Å²) in [4.78, 5) is 25.2. The van der Waals surface area contributed by atoms with Crippen molar-refractivity contribution in [1.82, 2.24) is 4.57 Å². The highest BCUT2D eigenvalue weighted by atomic mass is 32.2. The molecule has 2 aliphatic heterocycles. The van der Waals surface area contributed by atoms with E-state index in [0.29, 0.717) is 24.7 Å². The van der Waals surface area contributed by atoms with E-state index in [1.807, 2.05) is 17.8 Å². The molecule has 3 heterocycles. The van der Waals surface area contributed by atoms with Crippen molar-refractivity contribution >= 4 is 17.7 Å². The van der Waals surface area contributed by atoms with E-state index in [0.717, 1.165) is 41.2 Å². The summed E-state index contributed by atoms with van der Waals surface area (Å²) in [5.74, 6) is 3.01. The normalized spacial score (nSPS) is 18.8. The number of pyridine rings is 1. The van der Waals surface area contributed by atoms with Crippen molar-refractivity contribution in [2.24, 2.45) is 0 Å². The number of hydrogen-bond acceptors (Lipinski definition) is 7. The monoisotopic (exact) mass is 459 g/mol. The number of methoxy groups -OCH3 is 2. The summed E-state index contributed by atoms with van der Waals surface area (Å²) < 4.78 is 24.0. The minimum atomic E-state index is -0.572. The first-order chi connectivity index (χ1) is 15.6. The number of carbonyl (C=O) groups is 1. The second-order valence-electron chi connectivity index (χ2n) is 7.89. The number of aromatic nitrogens is 1. The lowest BCUT2D eigenvalue weighted by atomic mass is 9.82. The molecule has 0 bridgehead atoms. The second-order valence-corrected chi connectivity index (χ2v) is 9.04. The lowest BCUT2D eigenvalue weighted by molar-refractivity contribution is 0.0523. The Morgan fingerprint density at radius 3 is 2.78 bits per heavy atom. The molecule has 172 valence electrons. The third kappa shape index (κ3) is 4.26. The van der Waals surface area contributed by atoms with Gasteiger partial charge in [-0.25, -0.2) is 4.79 Å². The van der Waals surface area contributed by atoms with Crippen LogP contribution in [0.25, 0.3) is 11.3 Å². The van der Waals surface area contributed by atoms with Gasteiger partial charge in [-0.05, 0) is 36.8 Å². The van der Waals surface area contributed by atoms with Crippen LogP contribution in [0, 0.1) is 0 Å². The number of nitrogens with zero attached hydrogens (tertiary/aromatic N) is 1.